The van der Waals surface area contributed by atoms with Gasteiger partial charge in [-0.05, 0) is 47.5 Å². The highest BCUT2D eigenvalue weighted by molar-refractivity contribution is 6.52. The zero-order valence-corrected chi connectivity index (χ0v) is 25.8. The Morgan fingerprint density at radius 2 is 1.46 bits per heavy atom. The van der Waals surface area contributed by atoms with Crippen LogP contribution in [0.25, 0.3) is 0 Å². The molecule has 1 aliphatic rings. The van der Waals surface area contributed by atoms with Gasteiger partial charge in [-0.15, -0.1) is 0 Å². The summed E-state index contributed by atoms with van der Waals surface area (Å²) in [6, 6.07) is 24.3. The van der Waals surface area contributed by atoms with Gasteiger partial charge in [-0.2, -0.15) is 0 Å². The van der Waals surface area contributed by atoms with Gasteiger partial charge in [0.05, 0.1) is 45.4 Å². The second kappa shape index (κ2) is 13.9. The SMILES string of the molecule is COc1ccc(NC(=O)C(c2ccc(OC)c(OC)c2)N(Cc2ccccc2)C(=O)CN2C(=O)C(=O)c3ccccc32)c(OC)c1. The van der Waals surface area contributed by atoms with E-state index in [-0.39, 0.29) is 12.1 Å². The Kier molecular flexibility index (Phi) is 9.51. The number of amides is 3. The van der Waals surface area contributed by atoms with Gasteiger partial charge in [-0.3, -0.25) is 24.1 Å². The van der Waals surface area contributed by atoms with Gasteiger partial charge in [-0.1, -0.05) is 48.5 Å². The van der Waals surface area contributed by atoms with Crippen LogP contribution in [0.4, 0.5) is 11.4 Å². The van der Waals surface area contributed by atoms with E-state index < -0.39 is 36.1 Å². The predicted molar refractivity (Wildman–Crippen MR) is 171 cm³/mol. The minimum absolute atomic E-state index is 0.00345. The number of rotatable bonds is 12. The third-order valence-electron chi connectivity index (χ3n) is 7.64. The molecule has 4 aromatic carbocycles. The van der Waals surface area contributed by atoms with Crippen molar-refractivity contribution >= 4 is 34.9 Å². The molecule has 5 rings (SSSR count). The first-order chi connectivity index (χ1) is 22.3. The van der Waals surface area contributed by atoms with Crippen molar-refractivity contribution in [3.63, 3.8) is 0 Å². The second-order valence-corrected chi connectivity index (χ2v) is 10.3. The normalized spacial score (nSPS) is 12.7. The number of nitrogens with zero attached hydrogens (tertiary/aromatic N) is 2. The number of benzene rings is 4. The van der Waals surface area contributed by atoms with Crippen LogP contribution < -0.4 is 29.2 Å². The number of carbonyl (C=O) groups is 4. The summed E-state index contributed by atoms with van der Waals surface area (Å²) in [5, 5.41) is 2.90. The molecule has 1 N–H and O–H groups in total. The third kappa shape index (κ3) is 6.34. The molecule has 0 radical (unpaired) electrons. The topological polar surface area (TPSA) is 124 Å². The van der Waals surface area contributed by atoms with Crippen LogP contribution in [0.3, 0.4) is 0 Å². The summed E-state index contributed by atoms with van der Waals surface area (Å²) >= 11 is 0. The van der Waals surface area contributed by atoms with Crippen LogP contribution in [0, 0.1) is 0 Å². The highest BCUT2D eigenvalue weighted by Crippen LogP contribution is 2.36. The molecule has 1 unspecified atom stereocenters. The van der Waals surface area contributed by atoms with E-state index in [2.05, 4.69) is 5.32 Å². The number of nitrogens with one attached hydrogen (secondary N) is 1. The molecule has 1 heterocycles. The van der Waals surface area contributed by atoms with Crippen LogP contribution in [0.15, 0.2) is 91.0 Å². The zero-order chi connectivity index (χ0) is 32.8. The van der Waals surface area contributed by atoms with Crippen molar-refractivity contribution in [2.75, 3.05) is 45.2 Å². The van der Waals surface area contributed by atoms with Crippen LogP contribution in [-0.4, -0.2) is 63.4 Å². The van der Waals surface area contributed by atoms with Gasteiger partial charge in [0.15, 0.2) is 11.5 Å². The molecule has 4 aromatic rings. The Bertz CT molecular complexity index is 1780. The summed E-state index contributed by atoms with van der Waals surface area (Å²) in [5.74, 6) is -0.998. The monoisotopic (exact) mass is 623 g/mol. The average molecular weight is 624 g/mol. The number of hydrogen-bond acceptors (Lipinski definition) is 8. The summed E-state index contributed by atoms with van der Waals surface area (Å²) < 4.78 is 21.7. The molecule has 3 amide bonds. The predicted octanol–water partition coefficient (Wildman–Crippen LogP) is 4.66. The van der Waals surface area contributed by atoms with Crippen LogP contribution in [-0.2, 0) is 20.9 Å². The molecule has 0 saturated carbocycles. The van der Waals surface area contributed by atoms with Crippen molar-refractivity contribution in [2.24, 2.45) is 0 Å². The van der Waals surface area contributed by atoms with Gasteiger partial charge in [0, 0.05) is 12.6 Å². The van der Waals surface area contributed by atoms with Gasteiger partial charge in [0.25, 0.3) is 17.6 Å². The average Bonchev–Trinajstić information content (AvgIpc) is 3.33. The Balaban J connectivity index is 1.60. The lowest BCUT2D eigenvalue weighted by atomic mass is 10.0. The lowest BCUT2D eigenvalue weighted by Crippen LogP contribution is -2.46. The maximum atomic E-state index is 14.4. The third-order valence-corrected chi connectivity index (χ3v) is 7.64. The molecule has 11 heteroatoms. The van der Waals surface area contributed by atoms with Crippen LogP contribution >= 0.6 is 0 Å². The van der Waals surface area contributed by atoms with Crippen molar-refractivity contribution < 1.29 is 38.1 Å². The number of ether oxygens (including phenoxy) is 4. The van der Waals surface area contributed by atoms with Gasteiger partial charge in [0.2, 0.25) is 5.91 Å². The summed E-state index contributed by atoms with van der Waals surface area (Å²) in [4.78, 5) is 57.0. The van der Waals surface area contributed by atoms with Crippen molar-refractivity contribution in [3.8, 4) is 23.0 Å². The lowest BCUT2D eigenvalue weighted by Gasteiger charge is -2.33. The van der Waals surface area contributed by atoms with E-state index in [0.717, 1.165) is 10.5 Å². The Morgan fingerprint density at radius 1 is 0.761 bits per heavy atom. The molecule has 0 aromatic heterocycles. The van der Waals surface area contributed by atoms with E-state index >= 15 is 0 Å². The maximum Gasteiger partial charge on any atom is 0.299 e. The summed E-state index contributed by atoms with van der Waals surface area (Å²) in [6.07, 6.45) is 0. The smallest absolute Gasteiger partial charge is 0.299 e. The fraction of sp³-hybridized carbons (Fsp3) is 0.200. The number of para-hydroxylation sites is 1. The fourth-order valence-electron chi connectivity index (χ4n) is 5.33. The standard InChI is InChI=1S/C35H33N3O8/c1-43-24-15-16-26(29(19-24)45-3)36-34(41)32(23-14-17-28(44-2)30(18-23)46-4)38(20-22-10-6-5-7-11-22)31(39)21-37-27-13-9-8-12-25(27)33(40)35(37)42/h5-19,32H,20-21H2,1-4H3,(H,36,41). The molecule has 0 fully saturated rings. The molecule has 0 saturated heterocycles. The molecule has 11 nitrogen and oxygen atoms in total. The Hall–Kier alpha value is -5.84. The van der Waals surface area contributed by atoms with E-state index in [1.807, 2.05) is 30.3 Å². The fourth-order valence-corrected chi connectivity index (χ4v) is 5.33. The number of ketones is 1. The molecular formula is C35H33N3O8. The minimum Gasteiger partial charge on any atom is -0.497 e. The van der Waals surface area contributed by atoms with Gasteiger partial charge in [0.1, 0.15) is 24.1 Å². The highest BCUT2D eigenvalue weighted by Gasteiger charge is 2.39. The Labute approximate surface area is 266 Å². The Morgan fingerprint density at radius 3 is 2.15 bits per heavy atom. The lowest BCUT2D eigenvalue weighted by molar-refractivity contribution is -0.139. The first kappa shape index (κ1) is 31.6. The van der Waals surface area contributed by atoms with Crippen LogP contribution in [0.2, 0.25) is 0 Å². The van der Waals surface area contributed by atoms with Gasteiger partial charge < -0.3 is 29.2 Å². The summed E-state index contributed by atoms with van der Waals surface area (Å²) in [6.45, 7) is -0.471. The molecule has 236 valence electrons. The number of methoxy groups -OCH3 is 4. The van der Waals surface area contributed by atoms with Gasteiger partial charge in [-0.25, -0.2) is 0 Å². The van der Waals surface area contributed by atoms with E-state index in [9.17, 15) is 19.2 Å². The molecule has 1 aliphatic heterocycles. The van der Waals surface area contributed by atoms with E-state index in [1.54, 1.807) is 60.7 Å². The van der Waals surface area contributed by atoms with Crippen LogP contribution in [0.1, 0.15) is 27.5 Å². The largest absolute Gasteiger partial charge is 0.497 e. The quantitative estimate of drug-likeness (QED) is 0.226. The first-order valence-corrected chi connectivity index (χ1v) is 14.3. The molecule has 1 atom stereocenters. The molecule has 0 spiro atoms. The highest BCUT2D eigenvalue weighted by atomic mass is 16.5. The number of fused-ring (bicyclic) bond motifs is 1. The van der Waals surface area contributed by atoms with E-state index in [0.29, 0.717) is 39.9 Å². The second-order valence-electron chi connectivity index (χ2n) is 10.3. The van der Waals surface area contributed by atoms with E-state index in [1.165, 1.54) is 33.3 Å². The molecular weight excluding hydrogens is 590 g/mol. The first-order valence-electron chi connectivity index (χ1n) is 14.3. The number of hydrogen-bond donors (Lipinski definition) is 1. The van der Waals surface area contributed by atoms with Crippen molar-refractivity contribution in [1.82, 2.24) is 4.90 Å². The number of Topliss-reactive ketones (excluding diaryl/α,β-unsaturated/α-hetero) is 1. The van der Waals surface area contributed by atoms with Gasteiger partial charge >= 0.3 is 0 Å². The molecule has 46 heavy (non-hydrogen) atoms. The molecule has 0 bridgehead atoms. The maximum absolute atomic E-state index is 14.4. The molecule has 0 aliphatic carbocycles. The van der Waals surface area contributed by atoms with Crippen LogP contribution in [0.5, 0.6) is 23.0 Å². The number of anilines is 2. The van der Waals surface area contributed by atoms with Crippen molar-refractivity contribution in [1.29, 1.82) is 0 Å². The number of carbonyl (C=O) groups excluding carboxylic acids is 4. The summed E-state index contributed by atoms with van der Waals surface area (Å²) in [7, 11) is 5.95. The van der Waals surface area contributed by atoms with Crippen molar-refractivity contribution in [3.05, 3.63) is 108 Å². The van der Waals surface area contributed by atoms with Crippen molar-refractivity contribution in [2.45, 2.75) is 12.6 Å². The summed E-state index contributed by atoms with van der Waals surface area (Å²) in [5.41, 5.74) is 2.05. The minimum atomic E-state index is -1.23. The van der Waals surface area contributed by atoms with E-state index in [4.69, 9.17) is 18.9 Å². The zero-order valence-electron chi connectivity index (χ0n) is 25.8.